The summed E-state index contributed by atoms with van der Waals surface area (Å²) >= 11 is 5.88. The van der Waals surface area contributed by atoms with Crippen molar-refractivity contribution >= 4 is 23.2 Å². The van der Waals surface area contributed by atoms with Gasteiger partial charge >= 0.3 is 0 Å². The third-order valence-electron chi connectivity index (χ3n) is 4.52. The first-order chi connectivity index (χ1) is 12.1. The third-order valence-corrected chi connectivity index (χ3v) is 4.78. The second kappa shape index (κ2) is 6.15. The number of fused-ring (bicyclic) bond motifs is 3. The Labute approximate surface area is 156 Å². The van der Waals surface area contributed by atoms with Gasteiger partial charge in [-0.3, -0.25) is 4.79 Å². The lowest BCUT2D eigenvalue weighted by molar-refractivity contribution is -0.229. The van der Waals surface area contributed by atoms with Crippen LogP contribution in [-0.2, 0) is 28.5 Å². The first kappa shape index (κ1) is 18.2. The Morgan fingerprint density at radius 1 is 0.923 bits per heavy atom. The van der Waals surface area contributed by atoms with Crippen LogP contribution in [0.5, 0.6) is 0 Å². The molecule has 3 aliphatic rings. The zero-order valence-corrected chi connectivity index (χ0v) is 15.8. The summed E-state index contributed by atoms with van der Waals surface area (Å²) in [5.74, 6) is -2.00. The average Bonchev–Trinajstić information content (AvgIpc) is 3.02. The van der Waals surface area contributed by atoms with Gasteiger partial charge in [-0.25, -0.2) is 0 Å². The SMILES string of the molecule is CC1(C)O[C@@H]2O[C@@H](C(=O)Nc3ccc(Cl)cc3)[C@H]3OC(C)(C)O[C@@H]3[C@H]2O1. The molecule has 0 radical (unpaired) electrons. The van der Waals surface area contributed by atoms with Crippen molar-refractivity contribution in [2.75, 3.05) is 5.32 Å². The van der Waals surface area contributed by atoms with E-state index in [1.54, 1.807) is 52.0 Å². The zero-order chi connectivity index (χ0) is 18.7. The molecule has 0 saturated carbocycles. The van der Waals surface area contributed by atoms with Gasteiger partial charge in [0, 0.05) is 10.7 Å². The van der Waals surface area contributed by atoms with Gasteiger partial charge in [0.2, 0.25) is 0 Å². The summed E-state index contributed by atoms with van der Waals surface area (Å²) in [6.07, 6.45) is -3.13. The molecule has 5 atom stereocenters. The summed E-state index contributed by atoms with van der Waals surface area (Å²) in [5, 5.41) is 3.42. The minimum absolute atomic E-state index is 0.338. The van der Waals surface area contributed by atoms with Crippen molar-refractivity contribution in [3.05, 3.63) is 29.3 Å². The van der Waals surface area contributed by atoms with Crippen molar-refractivity contribution in [3.8, 4) is 0 Å². The maximum Gasteiger partial charge on any atom is 0.256 e. The largest absolute Gasteiger partial charge is 0.342 e. The van der Waals surface area contributed by atoms with E-state index < -0.39 is 42.3 Å². The lowest BCUT2D eigenvalue weighted by Crippen LogP contribution is -2.58. The van der Waals surface area contributed by atoms with E-state index >= 15 is 0 Å². The third kappa shape index (κ3) is 3.35. The smallest absolute Gasteiger partial charge is 0.256 e. The summed E-state index contributed by atoms with van der Waals surface area (Å²) in [7, 11) is 0. The molecule has 3 aliphatic heterocycles. The molecule has 0 aromatic heterocycles. The maximum atomic E-state index is 12.9. The van der Waals surface area contributed by atoms with Crippen molar-refractivity contribution in [1.82, 2.24) is 0 Å². The summed E-state index contributed by atoms with van der Waals surface area (Å²) in [6.45, 7) is 7.20. The fraction of sp³-hybridized carbons (Fsp3) is 0.611. The van der Waals surface area contributed by atoms with Gasteiger partial charge in [-0.1, -0.05) is 11.6 Å². The zero-order valence-electron chi connectivity index (χ0n) is 15.0. The van der Waals surface area contributed by atoms with Crippen LogP contribution in [0.25, 0.3) is 0 Å². The van der Waals surface area contributed by atoms with Gasteiger partial charge < -0.3 is 29.0 Å². The molecule has 0 spiro atoms. The van der Waals surface area contributed by atoms with E-state index in [1.807, 2.05) is 0 Å². The maximum absolute atomic E-state index is 12.9. The molecule has 0 bridgehead atoms. The number of hydrogen-bond donors (Lipinski definition) is 1. The molecule has 1 aromatic rings. The molecule has 3 heterocycles. The van der Waals surface area contributed by atoms with E-state index in [-0.39, 0.29) is 5.91 Å². The highest BCUT2D eigenvalue weighted by atomic mass is 35.5. The van der Waals surface area contributed by atoms with Gasteiger partial charge in [0.05, 0.1) is 0 Å². The first-order valence-electron chi connectivity index (χ1n) is 8.57. The molecule has 3 saturated heterocycles. The molecule has 26 heavy (non-hydrogen) atoms. The predicted octanol–water partition coefficient (Wildman–Crippen LogP) is 2.68. The Balaban J connectivity index is 1.57. The average molecular weight is 384 g/mol. The highest BCUT2D eigenvalue weighted by Crippen LogP contribution is 2.44. The Kier molecular flexibility index (Phi) is 4.30. The quantitative estimate of drug-likeness (QED) is 0.846. The van der Waals surface area contributed by atoms with Gasteiger partial charge in [0.15, 0.2) is 24.0 Å². The minimum atomic E-state index is -0.892. The number of anilines is 1. The Hall–Kier alpha value is -1.22. The fourth-order valence-corrected chi connectivity index (χ4v) is 3.70. The lowest BCUT2D eigenvalue weighted by atomic mass is 9.98. The van der Waals surface area contributed by atoms with E-state index in [2.05, 4.69) is 5.32 Å². The van der Waals surface area contributed by atoms with E-state index in [0.29, 0.717) is 10.7 Å². The topological polar surface area (TPSA) is 75.3 Å². The number of hydrogen-bond acceptors (Lipinski definition) is 6. The second-order valence-corrected chi connectivity index (χ2v) is 8.02. The van der Waals surface area contributed by atoms with Gasteiger partial charge in [-0.05, 0) is 52.0 Å². The van der Waals surface area contributed by atoms with Crippen LogP contribution in [0.1, 0.15) is 27.7 Å². The Morgan fingerprint density at radius 2 is 1.50 bits per heavy atom. The summed E-state index contributed by atoms with van der Waals surface area (Å²) in [4.78, 5) is 12.9. The van der Waals surface area contributed by atoms with Crippen molar-refractivity contribution in [1.29, 1.82) is 0 Å². The number of ether oxygens (including phenoxy) is 5. The number of carbonyl (C=O) groups is 1. The molecule has 1 aromatic carbocycles. The first-order valence-corrected chi connectivity index (χ1v) is 8.95. The Bertz CT molecular complexity index is 706. The molecule has 142 valence electrons. The number of halogens is 1. The van der Waals surface area contributed by atoms with Crippen LogP contribution < -0.4 is 5.32 Å². The van der Waals surface area contributed by atoms with E-state index in [4.69, 9.17) is 35.3 Å². The predicted molar refractivity (Wildman–Crippen MR) is 92.6 cm³/mol. The van der Waals surface area contributed by atoms with Crippen LogP contribution in [0.3, 0.4) is 0 Å². The molecular weight excluding hydrogens is 362 g/mol. The number of rotatable bonds is 2. The standard InChI is InChI=1S/C18H22ClNO6/c1-17(2)23-11-12(24-17)14-16(26-18(3,4)25-14)22-13(11)15(21)20-10-7-5-9(19)6-8-10/h5-8,11-14,16H,1-4H3,(H,20,21)/t11-,12-,13+,14+,16-/m0/s1. The van der Waals surface area contributed by atoms with Crippen molar-refractivity contribution in [2.45, 2.75) is 70.0 Å². The lowest BCUT2D eigenvalue weighted by Gasteiger charge is -2.36. The molecule has 8 heteroatoms. The van der Waals surface area contributed by atoms with Crippen molar-refractivity contribution < 1.29 is 28.5 Å². The summed E-state index contributed by atoms with van der Waals surface area (Å²) < 4.78 is 29.6. The molecule has 0 aliphatic carbocycles. The number of benzene rings is 1. The monoisotopic (exact) mass is 383 g/mol. The van der Waals surface area contributed by atoms with Crippen LogP contribution in [0.15, 0.2) is 24.3 Å². The normalized spacial score (nSPS) is 37.0. The number of amides is 1. The van der Waals surface area contributed by atoms with E-state index in [1.165, 1.54) is 0 Å². The minimum Gasteiger partial charge on any atom is -0.342 e. The molecule has 7 nitrogen and oxygen atoms in total. The van der Waals surface area contributed by atoms with Gasteiger partial charge in [-0.2, -0.15) is 0 Å². The van der Waals surface area contributed by atoms with Gasteiger partial charge in [0.1, 0.15) is 18.3 Å². The van der Waals surface area contributed by atoms with Crippen LogP contribution in [-0.4, -0.2) is 48.2 Å². The number of nitrogens with one attached hydrogen (secondary N) is 1. The van der Waals surface area contributed by atoms with Crippen LogP contribution in [0, 0.1) is 0 Å². The molecule has 1 N–H and O–H groups in total. The highest BCUT2D eigenvalue weighted by molar-refractivity contribution is 6.30. The van der Waals surface area contributed by atoms with E-state index in [9.17, 15) is 4.79 Å². The van der Waals surface area contributed by atoms with Crippen molar-refractivity contribution in [2.24, 2.45) is 0 Å². The molecular formula is C18H22ClNO6. The van der Waals surface area contributed by atoms with Crippen LogP contribution in [0.4, 0.5) is 5.69 Å². The summed E-state index contributed by atoms with van der Waals surface area (Å²) in [5.41, 5.74) is 0.615. The van der Waals surface area contributed by atoms with Crippen LogP contribution >= 0.6 is 11.6 Å². The molecule has 4 rings (SSSR count). The molecule has 3 fully saturated rings. The van der Waals surface area contributed by atoms with E-state index in [0.717, 1.165) is 0 Å². The molecule has 1 amide bonds. The van der Waals surface area contributed by atoms with Gasteiger partial charge in [0.25, 0.3) is 5.91 Å². The molecule has 0 unspecified atom stereocenters. The fourth-order valence-electron chi connectivity index (χ4n) is 3.57. The van der Waals surface area contributed by atoms with Crippen LogP contribution in [0.2, 0.25) is 5.02 Å². The summed E-state index contributed by atoms with van der Waals surface area (Å²) in [6, 6.07) is 6.84. The number of carbonyl (C=O) groups excluding carboxylic acids is 1. The Morgan fingerprint density at radius 3 is 2.19 bits per heavy atom. The second-order valence-electron chi connectivity index (χ2n) is 7.59. The highest BCUT2D eigenvalue weighted by Gasteiger charge is 2.62. The van der Waals surface area contributed by atoms with Crippen molar-refractivity contribution in [3.63, 3.8) is 0 Å². The van der Waals surface area contributed by atoms with Gasteiger partial charge in [-0.15, -0.1) is 0 Å².